The van der Waals surface area contributed by atoms with Crippen molar-refractivity contribution in [1.82, 2.24) is 15.3 Å². The van der Waals surface area contributed by atoms with Gasteiger partial charge in [-0.3, -0.25) is 9.36 Å². The molecule has 0 aliphatic heterocycles. The molecule has 1 N–H and O–H groups in total. The van der Waals surface area contributed by atoms with Crippen LogP contribution in [-0.2, 0) is 43.9 Å². The lowest BCUT2D eigenvalue weighted by molar-refractivity contribution is -0.168. The van der Waals surface area contributed by atoms with E-state index in [0.29, 0.717) is 11.0 Å². The van der Waals surface area contributed by atoms with E-state index < -0.39 is 37.4 Å². The third kappa shape index (κ3) is 6.25. The van der Waals surface area contributed by atoms with Crippen molar-refractivity contribution in [2.75, 3.05) is 27.4 Å². The van der Waals surface area contributed by atoms with Crippen LogP contribution in [-0.4, -0.2) is 60.8 Å². The zero-order valence-electron chi connectivity index (χ0n) is 19.7. The van der Waals surface area contributed by atoms with Crippen molar-refractivity contribution in [3.8, 4) is 0 Å². The van der Waals surface area contributed by atoms with Gasteiger partial charge < -0.3 is 23.8 Å². The summed E-state index contributed by atoms with van der Waals surface area (Å²) in [6.45, 7) is 4.21. The molecular weight excluding hydrogens is 465 g/mol. The molecule has 0 saturated carbocycles. The third-order valence-corrected chi connectivity index (χ3v) is 6.20. The van der Waals surface area contributed by atoms with Crippen LogP contribution in [0.3, 0.4) is 0 Å². The number of nitrogens with one attached hydrogen (secondary N) is 1. The molecule has 2 rings (SSSR count). The first-order chi connectivity index (χ1) is 16.1. The molecule has 0 aliphatic rings. The van der Waals surface area contributed by atoms with Crippen LogP contribution in [0.4, 0.5) is 0 Å². The van der Waals surface area contributed by atoms with E-state index in [1.807, 2.05) is 0 Å². The maximum Gasteiger partial charge on any atom is 0.353 e. The predicted octanol–water partition coefficient (Wildman–Crippen LogP) is 2.63. The Labute approximate surface area is 197 Å². The fraction of sp³-hybridized carbons (Fsp3) is 0.409. The first kappa shape index (κ1) is 27.1. The fourth-order valence-electron chi connectivity index (χ4n) is 3.11. The van der Waals surface area contributed by atoms with E-state index in [1.165, 1.54) is 26.1 Å². The number of esters is 2. The molecule has 0 radical (unpaired) electrons. The predicted molar refractivity (Wildman–Crippen MR) is 124 cm³/mol. The van der Waals surface area contributed by atoms with Crippen LogP contribution in [0, 0.1) is 0 Å². The molecule has 0 fully saturated rings. The Morgan fingerprint density at radius 2 is 1.53 bits per heavy atom. The summed E-state index contributed by atoms with van der Waals surface area (Å²) in [4.78, 5) is 47.2. The summed E-state index contributed by atoms with van der Waals surface area (Å²) in [6.07, 6.45) is 0.920. The second-order valence-corrected chi connectivity index (χ2v) is 9.08. The van der Waals surface area contributed by atoms with Gasteiger partial charge in [-0.25, -0.2) is 19.6 Å². The maximum absolute atomic E-state index is 13.0. The average Bonchev–Trinajstić information content (AvgIpc) is 2.81. The van der Waals surface area contributed by atoms with Crippen LogP contribution in [0.2, 0.25) is 0 Å². The molecule has 12 heteroatoms. The van der Waals surface area contributed by atoms with Crippen LogP contribution >= 0.6 is 7.60 Å². The summed E-state index contributed by atoms with van der Waals surface area (Å²) in [7, 11) is -1.11. The smallest absolute Gasteiger partial charge is 0.353 e. The number of benzene rings is 1. The molecule has 34 heavy (non-hydrogen) atoms. The van der Waals surface area contributed by atoms with Gasteiger partial charge >= 0.3 is 19.5 Å². The van der Waals surface area contributed by atoms with Gasteiger partial charge in [0.05, 0.1) is 35.6 Å². The van der Waals surface area contributed by atoms with E-state index in [2.05, 4.69) is 15.3 Å². The highest BCUT2D eigenvalue weighted by Crippen LogP contribution is 2.48. The van der Waals surface area contributed by atoms with Crippen molar-refractivity contribution in [2.24, 2.45) is 0 Å². The highest BCUT2D eigenvalue weighted by Gasteiger charge is 2.51. The number of rotatable bonds is 11. The molecule has 1 heterocycles. The van der Waals surface area contributed by atoms with E-state index >= 15 is 0 Å². The molecule has 0 spiro atoms. The van der Waals surface area contributed by atoms with Gasteiger partial charge in [0.25, 0.3) is 0 Å². The Kier molecular flexibility index (Phi) is 9.43. The molecule has 0 unspecified atom stereocenters. The number of nitrogens with zero attached hydrogens (tertiary/aromatic N) is 2. The van der Waals surface area contributed by atoms with E-state index in [9.17, 15) is 18.9 Å². The Hall–Kier alpha value is -3.14. The van der Waals surface area contributed by atoms with E-state index in [4.69, 9.17) is 18.5 Å². The number of amides is 1. The SMILES string of the molecule is CCOC(=O)C(Cc1nc2ccccc2nc1/C=C/P(=O)(OC)OC)(NC(C)=O)C(=O)OCC. The van der Waals surface area contributed by atoms with Gasteiger partial charge in [-0.05, 0) is 32.1 Å². The first-order valence-corrected chi connectivity index (χ1v) is 12.0. The molecule has 184 valence electrons. The Bertz CT molecular complexity index is 1110. The lowest BCUT2D eigenvalue weighted by Gasteiger charge is -2.29. The lowest BCUT2D eigenvalue weighted by atomic mass is 9.91. The summed E-state index contributed by atoms with van der Waals surface area (Å²) in [5.74, 6) is -1.49. The minimum absolute atomic E-state index is 0.0411. The van der Waals surface area contributed by atoms with Crippen LogP contribution in [0.25, 0.3) is 17.1 Å². The second kappa shape index (κ2) is 11.8. The van der Waals surface area contributed by atoms with Crippen LogP contribution in [0.15, 0.2) is 30.1 Å². The largest absolute Gasteiger partial charge is 0.464 e. The number of carbonyl (C=O) groups excluding carboxylic acids is 3. The number of ether oxygens (including phenoxy) is 2. The highest BCUT2D eigenvalue weighted by molar-refractivity contribution is 7.57. The maximum atomic E-state index is 13.0. The molecule has 0 aliphatic carbocycles. The van der Waals surface area contributed by atoms with Gasteiger partial charge in [0.2, 0.25) is 11.4 Å². The third-order valence-electron chi connectivity index (χ3n) is 4.67. The van der Waals surface area contributed by atoms with Crippen LogP contribution < -0.4 is 5.32 Å². The number of hydrogen-bond acceptors (Lipinski definition) is 10. The highest BCUT2D eigenvalue weighted by atomic mass is 31.2. The first-order valence-electron chi connectivity index (χ1n) is 10.4. The summed E-state index contributed by atoms with van der Waals surface area (Å²) in [6, 6.07) is 6.92. The Morgan fingerprint density at radius 1 is 1.00 bits per heavy atom. The van der Waals surface area contributed by atoms with Gasteiger partial charge in [-0.2, -0.15) is 0 Å². The Balaban J connectivity index is 2.75. The number of para-hydroxylation sites is 2. The summed E-state index contributed by atoms with van der Waals surface area (Å²) in [5.41, 5.74) is -0.919. The van der Waals surface area contributed by atoms with Gasteiger partial charge in [-0.1, -0.05) is 12.1 Å². The van der Waals surface area contributed by atoms with Crippen molar-refractivity contribution in [3.63, 3.8) is 0 Å². The number of fused-ring (bicyclic) bond motifs is 1. The van der Waals surface area contributed by atoms with Gasteiger partial charge in [0.1, 0.15) is 0 Å². The zero-order chi connectivity index (χ0) is 25.4. The van der Waals surface area contributed by atoms with Crippen molar-refractivity contribution in [3.05, 3.63) is 41.5 Å². The van der Waals surface area contributed by atoms with Gasteiger partial charge in [-0.15, -0.1) is 0 Å². The number of aromatic nitrogens is 2. The van der Waals surface area contributed by atoms with E-state index in [-0.39, 0.29) is 24.6 Å². The minimum atomic E-state index is -3.56. The van der Waals surface area contributed by atoms with E-state index in [0.717, 1.165) is 6.92 Å². The monoisotopic (exact) mass is 493 g/mol. The second-order valence-electron chi connectivity index (χ2n) is 6.97. The molecule has 1 amide bonds. The normalized spacial score (nSPS) is 12.0. The number of hydrogen-bond donors (Lipinski definition) is 1. The number of carbonyl (C=O) groups is 3. The zero-order valence-corrected chi connectivity index (χ0v) is 20.6. The van der Waals surface area contributed by atoms with Crippen LogP contribution in [0.1, 0.15) is 32.2 Å². The molecule has 0 bridgehead atoms. The summed E-state index contributed by atoms with van der Waals surface area (Å²) in [5, 5.41) is 2.40. The molecule has 1 aromatic carbocycles. The minimum Gasteiger partial charge on any atom is -0.464 e. The topological polar surface area (TPSA) is 143 Å². The molecule has 2 aromatic rings. The summed E-state index contributed by atoms with van der Waals surface area (Å²) >= 11 is 0. The molecule has 11 nitrogen and oxygen atoms in total. The van der Waals surface area contributed by atoms with E-state index in [1.54, 1.807) is 38.1 Å². The quantitative estimate of drug-likeness (QED) is 0.282. The average molecular weight is 493 g/mol. The Morgan fingerprint density at radius 3 is 2.00 bits per heavy atom. The van der Waals surface area contributed by atoms with Crippen molar-refractivity contribution in [1.29, 1.82) is 0 Å². The molecule has 0 saturated heterocycles. The molecule has 0 atom stereocenters. The lowest BCUT2D eigenvalue weighted by Crippen LogP contribution is -2.62. The van der Waals surface area contributed by atoms with Gasteiger partial charge in [0, 0.05) is 33.4 Å². The van der Waals surface area contributed by atoms with Crippen LogP contribution in [0.5, 0.6) is 0 Å². The summed E-state index contributed by atoms with van der Waals surface area (Å²) < 4.78 is 32.6. The van der Waals surface area contributed by atoms with Crippen molar-refractivity contribution in [2.45, 2.75) is 32.7 Å². The molecule has 1 aromatic heterocycles. The van der Waals surface area contributed by atoms with Crippen molar-refractivity contribution < 1.29 is 37.5 Å². The van der Waals surface area contributed by atoms with Gasteiger partial charge in [0.15, 0.2) is 0 Å². The molecular formula is C22H28N3O8P. The fourth-order valence-corrected chi connectivity index (χ4v) is 3.82. The van der Waals surface area contributed by atoms with Crippen molar-refractivity contribution >= 4 is 42.6 Å². The standard InChI is InChI=1S/C22H28N3O8P/c1-6-32-20(27)22(25-15(3)26,21(28)33-7-2)14-19-18(12-13-34(29,30-4)31-5)23-16-10-8-9-11-17(16)24-19/h8-13H,6-7,14H2,1-5H3,(H,25,26)/b13-12+.